The van der Waals surface area contributed by atoms with Crippen molar-refractivity contribution in [2.24, 2.45) is 10.7 Å². The highest BCUT2D eigenvalue weighted by Gasteiger charge is 2.25. The van der Waals surface area contributed by atoms with E-state index in [1.165, 1.54) is 16.0 Å². The van der Waals surface area contributed by atoms with E-state index in [1.54, 1.807) is 0 Å². The lowest BCUT2D eigenvalue weighted by atomic mass is 10.0. The summed E-state index contributed by atoms with van der Waals surface area (Å²) < 4.78 is 0. The predicted molar refractivity (Wildman–Crippen MR) is 107 cm³/mol. The highest BCUT2D eigenvalue weighted by molar-refractivity contribution is 7.10. The highest BCUT2D eigenvalue weighted by Crippen LogP contribution is 2.30. The molecular formula is C20H26N4S. The van der Waals surface area contributed by atoms with Crippen LogP contribution in [0, 0.1) is 0 Å². The van der Waals surface area contributed by atoms with Crippen molar-refractivity contribution < 1.29 is 0 Å². The number of guanidine groups is 1. The van der Waals surface area contributed by atoms with Crippen LogP contribution in [0.4, 0.5) is 0 Å². The summed E-state index contributed by atoms with van der Waals surface area (Å²) in [5, 5.41) is 5.31. The van der Waals surface area contributed by atoms with Crippen molar-refractivity contribution in [2.45, 2.75) is 25.9 Å². The van der Waals surface area contributed by atoms with Crippen molar-refractivity contribution in [1.82, 2.24) is 10.2 Å². The van der Waals surface area contributed by atoms with Gasteiger partial charge in [0.05, 0.1) is 12.6 Å². The molecule has 0 saturated heterocycles. The molecule has 25 heavy (non-hydrogen) atoms. The first-order valence-corrected chi connectivity index (χ1v) is 9.54. The summed E-state index contributed by atoms with van der Waals surface area (Å²) in [7, 11) is 0. The Morgan fingerprint density at radius 2 is 2.16 bits per heavy atom. The van der Waals surface area contributed by atoms with E-state index in [2.05, 4.69) is 63.6 Å². The van der Waals surface area contributed by atoms with Crippen LogP contribution in [0.2, 0.25) is 0 Å². The molecule has 0 radical (unpaired) electrons. The summed E-state index contributed by atoms with van der Waals surface area (Å²) in [5.74, 6) is 0.483. The molecule has 1 aromatic carbocycles. The molecule has 132 valence electrons. The highest BCUT2D eigenvalue weighted by atomic mass is 32.1. The number of hydrogen-bond acceptors (Lipinski definition) is 3. The standard InChI is InChI=1S/C20H26N4S/c1-15(2)12-22-20(21)23-13-18(16-6-4-3-5-7-16)24-10-8-19-17(14-24)9-11-25-19/h3-7,9,11,18H,1,8,10,12-14H2,2H3,(H3,21,22,23). The zero-order chi connectivity index (χ0) is 17.6. The Morgan fingerprint density at radius 1 is 1.36 bits per heavy atom. The minimum Gasteiger partial charge on any atom is -0.370 e. The number of nitrogens with zero attached hydrogens (tertiary/aromatic N) is 2. The molecule has 0 fully saturated rings. The lowest BCUT2D eigenvalue weighted by molar-refractivity contribution is 0.185. The molecule has 1 aliphatic heterocycles. The second-order valence-electron chi connectivity index (χ2n) is 6.55. The molecule has 4 nitrogen and oxygen atoms in total. The van der Waals surface area contributed by atoms with Crippen LogP contribution < -0.4 is 11.1 Å². The van der Waals surface area contributed by atoms with Crippen LogP contribution in [0.3, 0.4) is 0 Å². The van der Waals surface area contributed by atoms with E-state index in [9.17, 15) is 0 Å². The average Bonchev–Trinajstić information content (AvgIpc) is 3.09. The molecule has 0 spiro atoms. The van der Waals surface area contributed by atoms with Crippen molar-refractivity contribution in [3.8, 4) is 0 Å². The molecule has 0 aliphatic carbocycles. The van der Waals surface area contributed by atoms with Gasteiger partial charge < -0.3 is 11.1 Å². The summed E-state index contributed by atoms with van der Waals surface area (Å²) in [6, 6.07) is 13.1. The molecule has 1 aromatic heterocycles. The van der Waals surface area contributed by atoms with Gasteiger partial charge in [-0.3, -0.25) is 9.89 Å². The van der Waals surface area contributed by atoms with Crippen LogP contribution in [0.25, 0.3) is 0 Å². The molecule has 1 atom stereocenters. The number of nitrogens with two attached hydrogens (primary N) is 1. The van der Waals surface area contributed by atoms with E-state index in [4.69, 9.17) is 5.73 Å². The van der Waals surface area contributed by atoms with E-state index < -0.39 is 0 Å². The lowest BCUT2D eigenvalue weighted by Crippen LogP contribution is -2.37. The van der Waals surface area contributed by atoms with Crippen molar-refractivity contribution in [3.63, 3.8) is 0 Å². The number of fused-ring (bicyclic) bond motifs is 1. The van der Waals surface area contributed by atoms with Gasteiger partial charge in [0.2, 0.25) is 0 Å². The van der Waals surface area contributed by atoms with Crippen LogP contribution in [-0.4, -0.2) is 30.5 Å². The number of nitrogens with one attached hydrogen (secondary N) is 1. The molecule has 3 rings (SSSR count). The van der Waals surface area contributed by atoms with Gasteiger partial charge >= 0.3 is 0 Å². The molecule has 0 bridgehead atoms. The Kier molecular flexibility index (Phi) is 5.89. The smallest absolute Gasteiger partial charge is 0.188 e. The summed E-state index contributed by atoms with van der Waals surface area (Å²) in [4.78, 5) is 8.63. The third-order valence-electron chi connectivity index (χ3n) is 4.47. The minimum absolute atomic E-state index is 0.236. The van der Waals surface area contributed by atoms with Crippen molar-refractivity contribution in [1.29, 1.82) is 0 Å². The van der Waals surface area contributed by atoms with Gasteiger partial charge in [0.15, 0.2) is 5.96 Å². The normalized spacial score (nSPS) is 16.3. The largest absolute Gasteiger partial charge is 0.370 e. The molecular weight excluding hydrogens is 328 g/mol. The molecule has 2 aromatic rings. The SMILES string of the molecule is C=C(C)CNC(N)=NCC(c1ccccc1)N1CCc2sccc2C1. The zero-order valence-corrected chi connectivity index (χ0v) is 15.6. The Hall–Kier alpha value is -2.11. The first-order chi connectivity index (χ1) is 12.1. The first kappa shape index (κ1) is 17.7. The van der Waals surface area contributed by atoms with Crippen molar-refractivity contribution in [2.75, 3.05) is 19.6 Å². The molecule has 0 amide bonds. The topological polar surface area (TPSA) is 53.6 Å². The molecule has 1 aliphatic rings. The van der Waals surface area contributed by atoms with Crippen molar-refractivity contribution in [3.05, 3.63) is 69.9 Å². The zero-order valence-electron chi connectivity index (χ0n) is 14.7. The third-order valence-corrected chi connectivity index (χ3v) is 5.49. The Balaban J connectivity index is 1.75. The van der Waals surface area contributed by atoms with E-state index in [1.807, 2.05) is 18.3 Å². The molecule has 2 heterocycles. The second-order valence-corrected chi connectivity index (χ2v) is 7.55. The van der Waals surface area contributed by atoms with E-state index in [0.717, 1.165) is 25.1 Å². The van der Waals surface area contributed by atoms with Gasteiger partial charge in [-0.15, -0.1) is 11.3 Å². The summed E-state index contributed by atoms with van der Waals surface area (Å²) >= 11 is 1.87. The van der Waals surface area contributed by atoms with Gasteiger partial charge in [0.25, 0.3) is 0 Å². The number of aliphatic imine (C=N–C) groups is 1. The fourth-order valence-electron chi connectivity index (χ4n) is 3.13. The summed E-state index contributed by atoms with van der Waals surface area (Å²) in [6.07, 6.45) is 1.11. The van der Waals surface area contributed by atoms with Crippen LogP contribution in [-0.2, 0) is 13.0 Å². The molecule has 0 saturated carbocycles. The summed E-state index contributed by atoms with van der Waals surface area (Å²) in [6.45, 7) is 9.20. The monoisotopic (exact) mass is 354 g/mol. The maximum absolute atomic E-state index is 6.02. The van der Waals surface area contributed by atoms with Gasteiger partial charge in [-0.1, -0.05) is 42.5 Å². The fourth-order valence-corrected chi connectivity index (χ4v) is 4.02. The molecule has 5 heteroatoms. The lowest BCUT2D eigenvalue weighted by Gasteiger charge is -2.34. The second kappa shape index (κ2) is 8.32. The van der Waals surface area contributed by atoms with Crippen LogP contribution in [0.15, 0.2) is 58.9 Å². The quantitative estimate of drug-likeness (QED) is 0.475. The third kappa shape index (κ3) is 4.71. The van der Waals surface area contributed by atoms with Gasteiger partial charge in [-0.2, -0.15) is 0 Å². The fraction of sp³-hybridized carbons (Fsp3) is 0.350. The number of thiophene rings is 1. The number of benzene rings is 1. The minimum atomic E-state index is 0.236. The van der Waals surface area contributed by atoms with Crippen molar-refractivity contribution >= 4 is 17.3 Å². The van der Waals surface area contributed by atoms with Gasteiger partial charge in [-0.05, 0) is 35.9 Å². The molecule has 1 unspecified atom stereocenters. The number of hydrogen-bond donors (Lipinski definition) is 2. The predicted octanol–water partition coefficient (Wildman–Crippen LogP) is 3.33. The Labute approximate surface area is 154 Å². The van der Waals surface area contributed by atoms with Gasteiger partial charge in [0.1, 0.15) is 0 Å². The van der Waals surface area contributed by atoms with Crippen LogP contribution in [0.5, 0.6) is 0 Å². The van der Waals surface area contributed by atoms with Gasteiger partial charge in [0, 0.05) is 24.5 Å². The number of rotatable bonds is 6. The van der Waals surface area contributed by atoms with E-state index in [0.29, 0.717) is 19.0 Å². The van der Waals surface area contributed by atoms with Crippen LogP contribution in [0.1, 0.15) is 29.0 Å². The van der Waals surface area contributed by atoms with E-state index >= 15 is 0 Å². The maximum Gasteiger partial charge on any atom is 0.188 e. The maximum atomic E-state index is 6.02. The van der Waals surface area contributed by atoms with Gasteiger partial charge in [-0.25, -0.2) is 0 Å². The summed E-state index contributed by atoms with van der Waals surface area (Å²) in [5.41, 5.74) is 9.80. The average molecular weight is 355 g/mol. The Bertz CT molecular complexity index is 735. The van der Waals surface area contributed by atoms with E-state index in [-0.39, 0.29) is 6.04 Å². The first-order valence-electron chi connectivity index (χ1n) is 8.66. The molecule has 3 N–H and O–H groups in total. The Morgan fingerprint density at radius 3 is 2.92 bits per heavy atom. The van der Waals surface area contributed by atoms with Crippen LogP contribution >= 0.6 is 11.3 Å².